The normalized spacial score (nSPS) is 10.8. The summed E-state index contributed by atoms with van der Waals surface area (Å²) < 4.78 is 1.00. The van der Waals surface area contributed by atoms with Crippen LogP contribution >= 0.6 is 15.9 Å². The second kappa shape index (κ2) is 6.36. The van der Waals surface area contributed by atoms with E-state index in [9.17, 15) is 0 Å². The summed E-state index contributed by atoms with van der Waals surface area (Å²) in [6.45, 7) is 2.52. The molecule has 0 heterocycles. The van der Waals surface area contributed by atoms with Gasteiger partial charge in [-0.15, -0.1) is 0 Å². The number of hydrogen-bond donors (Lipinski definition) is 0. The van der Waals surface area contributed by atoms with E-state index in [2.05, 4.69) is 46.4 Å². The van der Waals surface area contributed by atoms with Crippen molar-refractivity contribution in [2.75, 3.05) is 0 Å². The average molecular weight is 303 g/mol. The molecule has 0 bridgehead atoms. The van der Waals surface area contributed by atoms with E-state index in [0.717, 1.165) is 15.6 Å². The third-order valence-electron chi connectivity index (χ3n) is 2.42. The molecule has 2 rings (SSSR count). The van der Waals surface area contributed by atoms with E-state index in [1.165, 1.54) is 5.56 Å². The van der Waals surface area contributed by atoms with Gasteiger partial charge in [-0.25, -0.2) is 0 Å². The predicted molar refractivity (Wildman–Crippen MR) is 76.6 cm³/mol. The van der Waals surface area contributed by atoms with Crippen LogP contribution in [0, 0.1) is 6.92 Å². The van der Waals surface area contributed by atoms with Gasteiger partial charge in [0.05, 0.1) is 0 Å². The van der Waals surface area contributed by atoms with Crippen LogP contribution in [0.3, 0.4) is 0 Å². The van der Waals surface area contributed by atoms with Gasteiger partial charge >= 0.3 is 0 Å². The molecule has 2 aromatic rings. The second-order valence-electron chi connectivity index (χ2n) is 3.97. The van der Waals surface area contributed by atoms with Gasteiger partial charge in [0.1, 0.15) is 12.8 Å². The third-order valence-corrected chi connectivity index (χ3v) is 2.91. The first-order valence-corrected chi connectivity index (χ1v) is 6.42. The Morgan fingerprint density at radius 3 is 2.67 bits per heavy atom. The molecule has 0 N–H and O–H groups in total. The van der Waals surface area contributed by atoms with Crippen molar-refractivity contribution in [2.45, 2.75) is 13.5 Å². The van der Waals surface area contributed by atoms with E-state index in [-0.39, 0.29) is 0 Å². The topological polar surface area (TPSA) is 21.6 Å². The summed E-state index contributed by atoms with van der Waals surface area (Å²) >= 11 is 3.39. The number of aryl methyl sites for hydroxylation is 1. The standard InChI is InChI=1S/C15H13BrNO/c1-12-5-7-13(8-6-12)11-18-17-10-14-3-2-4-15(16)9-14/h2-9H,11H2,1H3. The minimum Gasteiger partial charge on any atom is -0.390 e. The molecule has 2 aromatic carbocycles. The summed E-state index contributed by atoms with van der Waals surface area (Å²) in [5.41, 5.74) is 3.22. The van der Waals surface area contributed by atoms with Crippen molar-refractivity contribution >= 4 is 22.1 Å². The average Bonchev–Trinajstić information content (AvgIpc) is 2.37. The van der Waals surface area contributed by atoms with Gasteiger partial charge in [-0.1, -0.05) is 63.0 Å². The summed E-state index contributed by atoms with van der Waals surface area (Å²) in [5, 5.41) is 3.83. The summed E-state index contributed by atoms with van der Waals surface area (Å²) in [6, 6.07) is 15.9. The second-order valence-corrected chi connectivity index (χ2v) is 4.89. The van der Waals surface area contributed by atoms with Crippen LogP contribution in [-0.4, -0.2) is 6.21 Å². The molecule has 0 aliphatic carbocycles. The Labute approximate surface area is 115 Å². The molecule has 1 radical (unpaired) electrons. The maximum absolute atomic E-state index is 5.20. The van der Waals surface area contributed by atoms with Crippen molar-refractivity contribution in [3.05, 3.63) is 69.7 Å². The SMILES string of the molecule is Cc1ccc(CO/N=[C]\c2cccc(Br)c2)cc1. The maximum atomic E-state index is 5.20. The molecule has 91 valence electrons. The lowest BCUT2D eigenvalue weighted by Crippen LogP contribution is -1.88. The molecule has 0 saturated carbocycles. The molecule has 0 spiro atoms. The number of benzene rings is 2. The smallest absolute Gasteiger partial charge is 0.142 e. The molecule has 18 heavy (non-hydrogen) atoms. The zero-order valence-electron chi connectivity index (χ0n) is 10.1. The van der Waals surface area contributed by atoms with Crippen molar-refractivity contribution in [3.8, 4) is 0 Å². The highest BCUT2D eigenvalue weighted by atomic mass is 79.9. The molecule has 0 aliphatic heterocycles. The molecule has 0 aliphatic rings. The molecule has 3 heteroatoms. The van der Waals surface area contributed by atoms with Crippen LogP contribution in [0.5, 0.6) is 0 Å². The van der Waals surface area contributed by atoms with Gasteiger partial charge in [0, 0.05) is 10.0 Å². The Bertz CT molecular complexity index is 534. The van der Waals surface area contributed by atoms with Crippen molar-refractivity contribution in [2.24, 2.45) is 5.16 Å². The molecule has 0 unspecified atom stereocenters. The van der Waals surface area contributed by atoms with Crippen LogP contribution in [0.4, 0.5) is 0 Å². The lowest BCUT2D eigenvalue weighted by molar-refractivity contribution is 0.132. The lowest BCUT2D eigenvalue weighted by atomic mass is 10.2. The quantitative estimate of drug-likeness (QED) is 0.613. The largest absolute Gasteiger partial charge is 0.390 e. The molecule has 0 fully saturated rings. The Kier molecular flexibility index (Phi) is 4.53. The predicted octanol–water partition coefficient (Wildman–Crippen LogP) is 4.19. The van der Waals surface area contributed by atoms with E-state index in [1.54, 1.807) is 0 Å². The lowest BCUT2D eigenvalue weighted by Gasteiger charge is -2.00. The molecule has 0 atom stereocenters. The van der Waals surface area contributed by atoms with Crippen LogP contribution in [0.2, 0.25) is 0 Å². The Balaban J connectivity index is 1.87. The van der Waals surface area contributed by atoms with Gasteiger partial charge < -0.3 is 4.84 Å². The summed E-state index contributed by atoms with van der Waals surface area (Å²) in [6.07, 6.45) is 2.84. The molecule has 0 saturated heterocycles. The van der Waals surface area contributed by atoms with Gasteiger partial charge in [0.2, 0.25) is 0 Å². The zero-order valence-corrected chi connectivity index (χ0v) is 11.6. The Morgan fingerprint density at radius 2 is 1.94 bits per heavy atom. The minimum absolute atomic E-state index is 0.460. The molecular weight excluding hydrogens is 290 g/mol. The highest BCUT2D eigenvalue weighted by molar-refractivity contribution is 9.10. The summed E-state index contributed by atoms with van der Waals surface area (Å²) in [4.78, 5) is 5.20. The van der Waals surface area contributed by atoms with E-state index >= 15 is 0 Å². The van der Waals surface area contributed by atoms with Gasteiger partial charge in [-0.3, -0.25) is 0 Å². The molecular formula is C15H13BrNO. The molecule has 0 amide bonds. The summed E-state index contributed by atoms with van der Waals surface area (Å²) in [7, 11) is 0. The summed E-state index contributed by atoms with van der Waals surface area (Å²) in [5.74, 6) is 0. The fourth-order valence-corrected chi connectivity index (χ4v) is 1.83. The minimum atomic E-state index is 0.460. The molecule has 0 aromatic heterocycles. The van der Waals surface area contributed by atoms with Gasteiger partial charge in [-0.05, 0) is 24.6 Å². The van der Waals surface area contributed by atoms with E-state index in [0.29, 0.717) is 6.61 Å². The first kappa shape index (κ1) is 12.8. The van der Waals surface area contributed by atoms with Crippen molar-refractivity contribution < 1.29 is 4.84 Å². The maximum Gasteiger partial charge on any atom is 0.142 e. The highest BCUT2D eigenvalue weighted by Gasteiger charge is 1.93. The van der Waals surface area contributed by atoms with Crippen molar-refractivity contribution in [1.29, 1.82) is 0 Å². The van der Waals surface area contributed by atoms with Crippen LogP contribution in [0.1, 0.15) is 16.7 Å². The van der Waals surface area contributed by atoms with Gasteiger partial charge in [0.15, 0.2) is 0 Å². The van der Waals surface area contributed by atoms with Gasteiger partial charge in [0.25, 0.3) is 0 Å². The monoisotopic (exact) mass is 302 g/mol. The first-order chi connectivity index (χ1) is 8.74. The highest BCUT2D eigenvalue weighted by Crippen LogP contribution is 2.10. The van der Waals surface area contributed by atoms with E-state index in [4.69, 9.17) is 4.84 Å². The number of rotatable bonds is 4. The Morgan fingerprint density at radius 1 is 1.17 bits per heavy atom. The van der Waals surface area contributed by atoms with Crippen LogP contribution in [0.15, 0.2) is 58.2 Å². The zero-order chi connectivity index (χ0) is 12.8. The number of nitrogens with zero attached hydrogens (tertiary/aromatic N) is 1. The fourth-order valence-electron chi connectivity index (χ4n) is 1.43. The fraction of sp³-hybridized carbons (Fsp3) is 0.133. The third kappa shape index (κ3) is 4.00. The molecule has 2 nitrogen and oxygen atoms in total. The van der Waals surface area contributed by atoms with Crippen LogP contribution in [0.25, 0.3) is 0 Å². The van der Waals surface area contributed by atoms with Gasteiger partial charge in [-0.2, -0.15) is 0 Å². The van der Waals surface area contributed by atoms with Crippen molar-refractivity contribution in [1.82, 2.24) is 0 Å². The van der Waals surface area contributed by atoms with E-state index in [1.807, 2.05) is 36.4 Å². The van der Waals surface area contributed by atoms with Crippen LogP contribution < -0.4 is 0 Å². The number of halogens is 1. The van der Waals surface area contributed by atoms with Crippen molar-refractivity contribution in [3.63, 3.8) is 0 Å². The Hall–Kier alpha value is -1.61. The van der Waals surface area contributed by atoms with E-state index < -0.39 is 0 Å². The number of hydrogen-bond acceptors (Lipinski definition) is 2. The first-order valence-electron chi connectivity index (χ1n) is 5.63. The van der Waals surface area contributed by atoms with Crippen LogP contribution in [-0.2, 0) is 11.4 Å².